The average Bonchev–Trinajstić information content (AvgIpc) is 3.37. The smallest absolute Gasteiger partial charge is 0.257 e. The Bertz CT molecular complexity index is 1080. The van der Waals surface area contributed by atoms with Gasteiger partial charge in [0.1, 0.15) is 0 Å². The minimum absolute atomic E-state index is 0.0684. The van der Waals surface area contributed by atoms with Gasteiger partial charge in [-0.3, -0.25) is 14.9 Å². The number of amides is 2. The summed E-state index contributed by atoms with van der Waals surface area (Å²) < 4.78 is 18.8. The molecule has 1 aliphatic rings. The van der Waals surface area contributed by atoms with E-state index in [1.165, 1.54) is 30.6 Å². The second kappa shape index (κ2) is 8.00. The van der Waals surface area contributed by atoms with Crippen LogP contribution in [0.3, 0.4) is 0 Å². The Labute approximate surface area is 171 Å². The Hall–Kier alpha value is -3.26. The average molecular weight is 411 g/mol. The Morgan fingerprint density at radius 1 is 1.28 bits per heavy atom. The van der Waals surface area contributed by atoms with Gasteiger partial charge < -0.3 is 9.64 Å². The zero-order chi connectivity index (χ0) is 20.4. The molecule has 2 heterocycles. The maximum Gasteiger partial charge on any atom is 0.257 e. The first-order valence-electron chi connectivity index (χ1n) is 9.06. The number of carbonyl (C=O) groups is 2. The van der Waals surface area contributed by atoms with Gasteiger partial charge in [-0.15, -0.1) is 11.3 Å². The fourth-order valence-corrected chi connectivity index (χ4v) is 3.91. The van der Waals surface area contributed by atoms with Crippen molar-refractivity contribution in [3.8, 4) is 17.0 Å². The van der Waals surface area contributed by atoms with Crippen LogP contribution >= 0.6 is 11.3 Å². The van der Waals surface area contributed by atoms with Crippen LogP contribution in [0.1, 0.15) is 23.2 Å². The van der Waals surface area contributed by atoms with E-state index < -0.39 is 5.82 Å². The number of nitrogens with zero attached hydrogens (tertiary/aromatic N) is 2. The molecular formula is C21H18FN3O3S. The third-order valence-corrected chi connectivity index (χ3v) is 5.42. The van der Waals surface area contributed by atoms with Gasteiger partial charge in [-0.05, 0) is 42.8 Å². The molecular weight excluding hydrogens is 393 g/mol. The van der Waals surface area contributed by atoms with E-state index >= 15 is 0 Å². The second-order valence-electron chi connectivity index (χ2n) is 6.54. The van der Waals surface area contributed by atoms with E-state index in [4.69, 9.17) is 4.74 Å². The molecule has 0 bridgehead atoms. The summed E-state index contributed by atoms with van der Waals surface area (Å²) in [5.41, 5.74) is 2.31. The molecule has 0 atom stereocenters. The first-order valence-corrected chi connectivity index (χ1v) is 9.94. The highest BCUT2D eigenvalue weighted by Crippen LogP contribution is 2.29. The molecule has 0 saturated carbocycles. The van der Waals surface area contributed by atoms with Crippen molar-refractivity contribution in [2.45, 2.75) is 12.8 Å². The standard InChI is InChI=1S/C21H18FN3O3S/c1-28-18-8-7-13(11-16(18)22)17-12-29-21(23-17)24-20(27)14-4-2-5-15(10-14)25-9-3-6-19(25)26/h2,4-5,7-8,10-12H,3,6,9H2,1H3,(H,23,24,27). The van der Waals surface area contributed by atoms with Crippen molar-refractivity contribution >= 4 is 34.0 Å². The van der Waals surface area contributed by atoms with E-state index in [1.54, 1.807) is 34.5 Å². The van der Waals surface area contributed by atoms with Gasteiger partial charge in [0.15, 0.2) is 16.7 Å². The molecule has 0 radical (unpaired) electrons. The molecule has 8 heteroatoms. The molecule has 1 fully saturated rings. The molecule has 6 nitrogen and oxygen atoms in total. The molecule has 1 aromatic heterocycles. The van der Waals surface area contributed by atoms with E-state index in [-0.39, 0.29) is 17.6 Å². The monoisotopic (exact) mass is 411 g/mol. The quantitative estimate of drug-likeness (QED) is 0.678. The fourth-order valence-electron chi connectivity index (χ4n) is 3.19. The van der Waals surface area contributed by atoms with Gasteiger partial charge in [-0.25, -0.2) is 9.37 Å². The molecule has 0 spiro atoms. The van der Waals surface area contributed by atoms with Crippen LogP contribution in [0.5, 0.6) is 5.75 Å². The molecule has 3 aromatic rings. The topological polar surface area (TPSA) is 71.5 Å². The van der Waals surface area contributed by atoms with E-state index in [2.05, 4.69) is 10.3 Å². The van der Waals surface area contributed by atoms with Crippen LogP contribution in [0.25, 0.3) is 11.3 Å². The molecule has 4 rings (SSSR count). The van der Waals surface area contributed by atoms with Gasteiger partial charge in [-0.1, -0.05) is 6.07 Å². The Morgan fingerprint density at radius 2 is 2.14 bits per heavy atom. The highest BCUT2D eigenvalue weighted by Gasteiger charge is 2.22. The minimum atomic E-state index is -0.475. The lowest BCUT2D eigenvalue weighted by Crippen LogP contribution is -2.24. The molecule has 0 aliphatic carbocycles. The fraction of sp³-hybridized carbons (Fsp3) is 0.190. The summed E-state index contributed by atoms with van der Waals surface area (Å²) in [5, 5.41) is 4.91. The number of ether oxygens (including phenoxy) is 1. The van der Waals surface area contributed by atoms with Gasteiger partial charge in [-0.2, -0.15) is 0 Å². The molecule has 0 unspecified atom stereocenters. The predicted molar refractivity (Wildman–Crippen MR) is 110 cm³/mol. The third kappa shape index (κ3) is 3.97. The summed E-state index contributed by atoms with van der Waals surface area (Å²) in [6, 6.07) is 11.5. The Kier molecular flexibility index (Phi) is 5.26. The number of methoxy groups -OCH3 is 1. The summed E-state index contributed by atoms with van der Waals surface area (Å²) >= 11 is 1.25. The lowest BCUT2D eigenvalue weighted by atomic mass is 10.1. The molecule has 148 valence electrons. The van der Waals surface area contributed by atoms with E-state index in [0.717, 1.165) is 6.42 Å². The highest BCUT2D eigenvalue weighted by molar-refractivity contribution is 7.14. The summed E-state index contributed by atoms with van der Waals surface area (Å²) in [5.74, 6) is -0.565. The van der Waals surface area contributed by atoms with Crippen LogP contribution in [-0.4, -0.2) is 30.5 Å². The van der Waals surface area contributed by atoms with Crippen molar-refractivity contribution in [1.82, 2.24) is 4.98 Å². The molecule has 2 aromatic carbocycles. The van der Waals surface area contributed by atoms with Gasteiger partial charge in [0, 0.05) is 35.2 Å². The number of benzene rings is 2. The van der Waals surface area contributed by atoms with Gasteiger partial charge in [0.05, 0.1) is 12.8 Å². The van der Waals surface area contributed by atoms with Crippen molar-refractivity contribution in [1.29, 1.82) is 0 Å². The summed E-state index contributed by atoms with van der Waals surface area (Å²) in [6.45, 7) is 0.665. The third-order valence-electron chi connectivity index (χ3n) is 4.67. The van der Waals surface area contributed by atoms with Crippen LogP contribution in [0.15, 0.2) is 47.8 Å². The SMILES string of the molecule is COc1ccc(-c2csc(NC(=O)c3cccc(N4CCCC4=O)c3)n2)cc1F. The Morgan fingerprint density at radius 3 is 2.86 bits per heavy atom. The number of thiazole rings is 1. The zero-order valence-corrected chi connectivity index (χ0v) is 16.5. The lowest BCUT2D eigenvalue weighted by molar-refractivity contribution is -0.117. The number of anilines is 2. The van der Waals surface area contributed by atoms with Crippen molar-refractivity contribution in [2.75, 3.05) is 23.9 Å². The van der Waals surface area contributed by atoms with E-state index in [1.807, 2.05) is 6.07 Å². The number of halogens is 1. The van der Waals surface area contributed by atoms with Gasteiger partial charge in [0.25, 0.3) is 5.91 Å². The molecule has 2 amide bonds. The summed E-state index contributed by atoms with van der Waals surface area (Å²) in [7, 11) is 1.41. The second-order valence-corrected chi connectivity index (χ2v) is 7.40. The van der Waals surface area contributed by atoms with E-state index in [9.17, 15) is 14.0 Å². The number of rotatable bonds is 5. The largest absolute Gasteiger partial charge is 0.494 e. The number of hydrogen-bond acceptors (Lipinski definition) is 5. The number of hydrogen-bond donors (Lipinski definition) is 1. The van der Waals surface area contributed by atoms with Crippen molar-refractivity contribution in [3.63, 3.8) is 0 Å². The van der Waals surface area contributed by atoms with Crippen molar-refractivity contribution < 1.29 is 18.7 Å². The normalized spacial score (nSPS) is 13.6. The summed E-state index contributed by atoms with van der Waals surface area (Å²) in [4.78, 5) is 30.6. The molecule has 29 heavy (non-hydrogen) atoms. The van der Waals surface area contributed by atoms with Gasteiger partial charge >= 0.3 is 0 Å². The predicted octanol–water partition coefficient (Wildman–Crippen LogP) is 4.34. The number of carbonyl (C=O) groups excluding carboxylic acids is 2. The summed E-state index contributed by atoms with van der Waals surface area (Å²) in [6.07, 6.45) is 1.35. The highest BCUT2D eigenvalue weighted by atomic mass is 32.1. The maximum atomic E-state index is 13.9. The molecule has 1 saturated heterocycles. The minimum Gasteiger partial charge on any atom is -0.494 e. The Balaban J connectivity index is 1.50. The van der Waals surface area contributed by atoms with Crippen molar-refractivity contribution in [3.05, 3.63) is 59.2 Å². The van der Waals surface area contributed by atoms with Crippen LogP contribution < -0.4 is 15.0 Å². The lowest BCUT2D eigenvalue weighted by Gasteiger charge is -2.16. The number of nitrogens with one attached hydrogen (secondary N) is 1. The van der Waals surface area contributed by atoms with Crippen LogP contribution in [0, 0.1) is 5.82 Å². The molecule has 1 N–H and O–H groups in total. The van der Waals surface area contributed by atoms with Crippen molar-refractivity contribution in [2.24, 2.45) is 0 Å². The van der Waals surface area contributed by atoms with E-state index in [0.29, 0.717) is 40.6 Å². The maximum absolute atomic E-state index is 13.9. The number of aromatic nitrogens is 1. The first-order chi connectivity index (χ1) is 14.0. The van der Waals surface area contributed by atoms with Gasteiger partial charge in [0.2, 0.25) is 5.91 Å². The zero-order valence-electron chi connectivity index (χ0n) is 15.6. The van der Waals surface area contributed by atoms with Crippen LogP contribution in [0.4, 0.5) is 15.2 Å². The first kappa shape index (κ1) is 19.1. The van der Waals surface area contributed by atoms with Crippen LogP contribution in [0.2, 0.25) is 0 Å². The molecule has 1 aliphatic heterocycles. The van der Waals surface area contributed by atoms with Crippen LogP contribution in [-0.2, 0) is 4.79 Å².